The van der Waals surface area contributed by atoms with Gasteiger partial charge in [-0.15, -0.1) is 0 Å². The third-order valence-electron chi connectivity index (χ3n) is 4.53. The van der Waals surface area contributed by atoms with Crippen molar-refractivity contribution < 1.29 is 24.2 Å². The van der Waals surface area contributed by atoms with Gasteiger partial charge in [-0.25, -0.2) is 0 Å². The number of ether oxygens (including phenoxy) is 2. The van der Waals surface area contributed by atoms with E-state index >= 15 is 0 Å². The van der Waals surface area contributed by atoms with Crippen molar-refractivity contribution in [3.8, 4) is 11.5 Å². The summed E-state index contributed by atoms with van der Waals surface area (Å²) in [6.07, 6.45) is 12.0. The first kappa shape index (κ1) is 24.5. The number of aliphatic carboxylic acids is 1. The average Bonchev–Trinajstić information content (AvgIpc) is 2.71. The number of carboxylic acids is 1. The zero-order valence-electron chi connectivity index (χ0n) is 17.7. The van der Waals surface area contributed by atoms with Crippen molar-refractivity contribution in [3.05, 3.63) is 29.8 Å². The van der Waals surface area contributed by atoms with Crippen LogP contribution >= 0.6 is 0 Å². The molecular weight excluding hydrogens is 370 g/mol. The van der Waals surface area contributed by atoms with E-state index in [2.05, 4.69) is 5.32 Å². The molecule has 1 amide bonds. The van der Waals surface area contributed by atoms with E-state index < -0.39 is 5.97 Å². The summed E-state index contributed by atoms with van der Waals surface area (Å²) in [4.78, 5) is 22.3. The maximum Gasteiger partial charge on any atom is 0.303 e. The van der Waals surface area contributed by atoms with Crippen LogP contribution in [0.5, 0.6) is 11.5 Å². The van der Waals surface area contributed by atoms with Crippen LogP contribution in [0.15, 0.2) is 24.3 Å². The van der Waals surface area contributed by atoms with Gasteiger partial charge in [-0.3, -0.25) is 9.59 Å². The summed E-state index contributed by atoms with van der Waals surface area (Å²) in [6.45, 7) is 3.16. The number of benzene rings is 1. The maximum absolute atomic E-state index is 11.9. The standard InChI is InChI=1S/C23H35NO5/c1-3-29-20-15-13-19(18-21(20)28-2)14-16-22(25)24-17-11-9-7-5-4-6-8-10-12-23(26)27/h13-16,18H,3-12,17H2,1-2H3,(H,24,25)(H,26,27)/b16-14+. The van der Waals surface area contributed by atoms with Gasteiger partial charge in [0.1, 0.15) is 0 Å². The molecule has 0 unspecified atom stereocenters. The molecule has 29 heavy (non-hydrogen) atoms. The van der Waals surface area contributed by atoms with Gasteiger partial charge in [0.25, 0.3) is 0 Å². The van der Waals surface area contributed by atoms with Gasteiger partial charge in [-0.2, -0.15) is 0 Å². The number of carbonyl (C=O) groups excluding carboxylic acids is 1. The Kier molecular flexibility index (Phi) is 13.1. The molecule has 0 aliphatic rings. The number of nitrogens with one attached hydrogen (secondary N) is 1. The number of carboxylic acid groups (broad SMARTS) is 1. The fourth-order valence-corrected chi connectivity index (χ4v) is 2.97. The quantitative estimate of drug-likeness (QED) is 0.304. The molecule has 0 bridgehead atoms. The topological polar surface area (TPSA) is 84.9 Å². The van der Waals surface area contributed by atoms with E-state index in [1.165, 1.54) is 12.5 Å². The summed E-state index contributed by atoms with van der Waals surface area (Å²) < 4.78 is 10.8. The number of methoxy groups -OCH3 is 1. The Bertz CT molecular complexity index is 642. The third kappa shape index (κ3) is 11.8. The lowest BCUT2D eigenvalue weighted by atomic mass is 10.1. The van der Waals surface area contributed by atoms with Gasteiger partial charge in [0.05, 0.1) is 13.7 Å². The van der Waals surface area contributed by atoms with Crippen LogP contribution in [-0.4, -0.2) is 37.2 Å². The fourth-order valence-electron chi connectivity index (χ4n) is 2.97. The van der Waals surface area contributed by atoms with Gasteiger partial charge in [0, 0.05) is 19.0 Å². The number of carbonyl (C=O) groups is 2. The molecule has 0 aliphatic carbocycles. The minimum Gasteiger partial charge on any atom is -0.493 e. The summed E-state index contributed by atoms with van der Waals surface area (Å²) >= 11 is 0. The second-order valence-electron chi connectivity index (χ2n) is 6.94. The van der Waals surface area contributed by atoms with Crippen LogP contribution in [0, 0.1) is 0 Å². The van der Waals surface area contributed by atoms with E-state index in [1.54, 1.807) is 13.2 Å². The zero-order valence-corrected chi connectivity index (χ0v) is 17.7. The van der Waals surface area contributed by atoms with Crippen LogP contribution in [0.25, 0.3) is 6.08 Å². The normalized spacial score (nSPS) is 10.8. The smallest absolute Gasteiger partial charge is 0.303 e. The Labute approximate surface area is 174 Å². The van der Waals surface area contributed by atoms with E-state index in [4.69, 9.17) is 14.6 Å². The van der Waals surface area contributed by atoms with Gasteiger partial charge in [0.2, 0.25) is 5.91 Å². The molecule has 0 atom stereocenters. The van der Waals surface area contributed by atoms with Crippen LogP contribution in [0.1, 0.15) is 70.3 Å². The molecule has 0 heterocycles. The van der Waals surface area contributed by atoms with Crippen LogP contribution in [0.2, 0.25) is 0 Å². The second kappa shape index (κ2) is 15.4. The lowest BCUT2D eigenvalue weighted by Crippen LogP contribution is -2.21. The molecule has 6 nitrogen and oxygen atoms in total. The molecule has 0 aliphatic heterocycles. The Hall–Kier alpha value is -2.50. The van der Waals surface area contributed by atoms with Crippen molar-refractivity contribution in [2.45, 2.75) is 64.7 Å². The number of hydrogen-bond acceptors (Lipinski definition) is 4. The largest absolute Gasteiger partial charge is 0.493 e. The lowest BCUT2D eigenvalue weighted by Gasteiger charge is -2.09. The molecule has 1 rings (SSSR count). The van der Waals surface area contributed by atoms with Crippen LogP contribution in [-0.2, 0) is 9.59 Å². The van der Waals surface area contributed by atoms with E-state index in [1.807, 2.05) is 25.1 Å². The summed E-state index contributed by atoms with van der Waals surface area (Å²) in [7, 11) is 1.59. The Balaban J connectivity index is 2.13. The van der Waals surface area contributed by atoms with E-state index in [9.17, 15) is 9.59 Å². The first-order valence-corrected chi connectivity index (χ1v) is 10.5. The highest BCUT2D eigenvalue weighted by Crippen LogP contribution is 2.28. The Morgan fingerprint density at radius 1 is 1.00 bits per heavy atom. The van der Waals surface area contributed by atoms with Crippen molar-refractivity contribution in [2.24, 2.45) is 0 Å². The third-order valence-corrected chi connectivity index (χ3v) is 4.53. The van der Waals surface area contributed by atoms with Crippen LogP contribution in [0.4, 0.5) is 0 Å². The molecule has 2 N–H and O–H groups in total. The number of unbranched alkanes of at least 4 members (excludes halogenated alkanes) is 7. The molecule has 0 saturated heterocycles. The summed E-state index contributed by atoms with van der Waals surface area (Å²) in [6, 6.07) is 5.57. The first-order chi connectivity index (χ1) is 14.1. The van der Waals surface area contributed by atoms with Gasteiger partial charge in [-0.1, -0.05) is 44.6 Å². The first-order valence-electron chi connectivity index (χ1n) is 10.5. The van der Waals surface area contributed by atoms with Gasteiger partial charge < -0.3 is 19.9 Å². The molecule has 0 spiro atoms. The van der Waals surface area contributed by atoms with Crippen LogP contribution in [0.3, 0.4) is 0 Å². The zero-order chi connectivity index (χ0) is 21.3. The molecule has 0 aromatic heterocycles. The van der Waals surface area contributed by atoms with Crippen molar-refractivity contribution in [2.75, 3.05) is 20.3 Å². The monoisotopic (exact) mass is 405 g/mol. The average molecular weight is 406 g/mol. The van der Waals surface area contributed by atoms with Crippen molar-refractivity contribution in [3.63, 3.8) is 0 Å². The van der Waals surface area contributed by atoms with Gasteiger partial charge in [-0.05, 0) is 43.5 Å². The highest BCUT2D eigenvalue weighted by atomic mass is 16.5. The van der Waals surface area contributed by atoms with Crippen molar-refractivity contribution >= 4 is 18.0 Å². The summed E-state index contributed by atoms with van der Waals surface area (Å²) in [5.74, 6) is 0.533. The molecule has 162 valence electrons. The highest BCUT2D eigenvalue weighted by Gasteiger charge is 2.04. The van der Waals surface area contributed by atoms with E-state index in [0.717, 1.165) is 50.5 Å². The van der Waals surface area contributed by atoms with Crippen LogP contribution < -0.4 is 14.8 Å². The lowest BCUT2D eigenvalue weighted by molar-refractivity contribution is -0.137. The predicted octanol–water partition coefficient (Wildman–Crippen LogP) is 4.82. The summed E-state index contributed by atoms with van der Waals surface area (Å²) in [5, 5.41) is 11.5. The number of rotatable bonds is 16. The van der Waals surface area contributed by atoms with E-state index in [-0.39, 0.29) is 12.3 Å². The maximum atomic E-state index is 11.9. The second-order valence-corrected chi connectivity index (χ2v) is 6.94. The molecule has 6 heteroatoms. The SMILES string of the molecule is CCOc1ccc(/C=C/C(=O)NCCCCCCCCCCC(=O)O)cc1OC. The highest BCUT2D eigenvalue weighted by molar-refractivity contribution is 5.91. The Morgan fingerprint density at radius 3 is 2.28 bits per heavy atom. The predicted molar refractivity (Wildman–Crippen MR) is 115 cm³/mol. The molecular formula is C23H35NO5. The fraction of sp³-hybridized carbons (Fsp3) is 0.565. The number of amides is 1. The van der Waals surface area contributed by atoms with Gasteiger partial charge >= 0.3 is 5.97 Å². The molecule has 0 fully saturated rings. The Morgan fingerprint density at radius 2 is 1.66 bits per heavy atom. The minimum absolute atomic E-state index is 0.101. The molecule has 1 aromatic rings. The number of hydrogen-bond donors (Lipinski definition) is 2. The van der Waals surface area contributed by atoms with Gasteiger partial charge in [0.15, 0.2) is 11.5 Å². The van der Waals surface area contributed by atoms with Crippen molar-refractivity contribution in [1.29, 1.82) is 0 Å². The molecule has 0 radical (unpaired) electrons. The molecule has 0 saturated carbocycles. The summed E-state index contributed by atoms with van der Waals surface area (Å²) in [5.41, 5.74) is 0.879. The van der Waals surface area contributed by atoms with E-state index in [0.29, 0.717) is 24.7 Å². The molecule has 1 aromatic carbocycles. The van der Waals surface area contributed by atoms with Crippen molar-refractivity contribution in [1.82, 2.24) is 5.32 Å². The minimum atomic E-state index is -0.707.